The van der Waals surface area contributed by atoms with Crippen LogP contribution in [0, 0.1) is 23.2 Å². The maximum absolute atomic E-state index is 13.3. The second-order valence-electron chi connectivity index (χ2n) is 8.74. The van der Waals surface area contributed by atoms with Crippen LogP contribution in [0.1, 0.15) is 31.2 Å². The summed E-state index contributed by atoms with van der Waals surface area (Å²) in [5.41, 5.74) is 0.995. The first-order valence-corrected chi connectivity index (χ1v) is 12.6. The molecule has 0 aromatic heterocycles. The zero-order valence-electron chi connectivity index (χ0n) is 18.0. The Hall–Kier alpha value is -2.48. The zero-order valence-corrected chi connectivity index (χ0v) is 18.8. The highest BCUT2D eigenvalue weighted by Gasteiger charge is 2.44. The molecule has 10 heteroatoms. The van der Waals surface area contributed by atoms with E-state index < -0.39 is 22.2 Å². The van der Waals surface area contributed by atoms with E-state index >= 15 is 0 Å². The van der Waals surface area contributed by atoms with Gasteiger partial charge in [0.25, 0.3) is 10.2 Å². The first-order chi connectivity index (χ1) is 15.4. The second-order valence-corrected chi connectivity index (χ2v) is 10.7. The van der Waals surface area contributed by atoms with Crippen LogP contribution in [0.15, 0.2) is 30.3 Å². The summed E-state index contributed by atoms with van der Waals surface area (Å²) in [7, 11) is -3.66. The van der Waals surface area contributed by atoms with E-state index in [1.807, 2.05) is 30.3 Å². The third kappa shape index (κ3) is 4.65. The number of amides is 2. The van der Waals surface area contributed by atoms with Crippen molar-refractivity contribution in [2.75, 3.05) is 32.7 Å². The molecule has 1 aromatic carbocycles. The van der Waals surface area contributed by atoms with Crippen LogP contribution in [0.2, 0.25) is 0 Å². The van der Waals surface area contributed by atoms with Gasteiger partial charge in [-0.15, -0.1) is 0 Å². The largest absolute Gasteiger partial charge is 0.350 e. The molecule has 0 radical (unpaired) electrons. The van der Waals surface area contributed by atoms with Gasteiger partial charge in [0.2, 0.25) is 11.8 Å². The Kier molecular flexibility index (Phi) is 6.79. The van der Waals surface area contributed by atoms with Crippen molar-refractivity contribution in [1.82, 2.24) is 18.8 Å². The highest BCUT2D eigenvalue weighted by atomic mass is 32.2. The fourth-order valence-electron chi connectivity index (χ4n) is 4.67. The number of piperidine rings is 1. The van der Waals surface area contributed by atoms with Crippen molar-refractivity contribution in [3.63, 3.8) is 0 Å². The van der Waals surface area contributed by atoms with Gasteiger partial charge in [-0.2, -0.15) is 22.3 Å². The van der Waals surface area contributed by atoms with Crippen LogP contribution in [0.5, 0.6) is 0 Å². The Morgan fingerprint density at radius 1 is 1.03 bits per heavy atom. The van der Waals surface area contributed by atoms with E-state index in [9.17, 15) is 18.0 Å². The first kappa shape index (κ1) is 22.7. The number of likely N-dealkylation sites (tertiary alicyclic amines) is 1. The quantitative estimate of drug-likeness (QED) is 0.673. The molecule has 3 saturated heterocycles. The predicted molar refractivity (Wildman–Crippen MR) is 117 cm³/mol. The maximum atomic E-state index is 13.3. The Labute approximate surface area is 189 Å². The second kappa shape index (κ2) is 9.57. The molecule has 3 heterocycles. The molecule has 1 N–H and O–H groups in total. The third-order valence-electron chi connectivity index (χ3n) is 6.56. The number of nitrogens with zero attached hydrogens (tertiary/aromatic N) is 4. The van der Waals surface area contributed by atoms with E-state index in [0.717, 1.165) is 12.0 Å². The van der Waals surface area contributed by atoms with Crippen LogP contribution < -0.4 is 5.32 Å². The molecule has 4 rings (SSSR count). The molecule has 2 amide bonds. The minimum absolute atomic E-state index is 0.129. The fraction of sp³-hybridized carbons (Fsp3) is 0.591. The van der Waals surface area contributed by atoms with Gasteiger partial charge in [0.05, 0.1) is 17.9 Å². The van der Waals surface area contributed by atoms with Crippen molar-refractivity contribution < 1.29 is 18.0 Å². The lowest BCUT2D eigenvalue weighted by atomic mass is 9.97. The summed E-state index contributed by atoms with van der Waals surface area (Å²) in [6.45, 7) is 1.85. The molecule has 3 aliphatic heterocycles. The van der Waals surface area contributed by atoms with Gasteiger partial charge in [0.1, 0.15) is 6.04 Å². The van der Waals surface area contributed by atoms with Gasteiger partial charge in [-0.05, 0) is 31.2 Å². The fourth-order valence-corrected chi connectivity index (χ4v) is 6.46. The number of hydrogen-bond acceptors (Lipinski definition) is 5. The Balaban J connectivity index is 1.36. The van der Waals surface area contributed by atoms with Gasteiger partial charge in [-0.1, -0.05) is 30.3 Å². The molecule has 9 nitrogen and oxygen atoms in total. The summed E-state index contributed by atoms with van der Waals surface area (Å²) in [5, 5.41) is 11.9. The van der Waals surface area contributed by atoms with Crippen molar-refractivity contribution in [2.45, 2.75) is 38.3 Å². The number of rotatable bonds is 6. The summed E-state index contributed by atoms with van der Waals surface area (Å²) in [5.74, 6) is -1.01. The van der Waals surface area contributed by atoms with Gasteiger partial charge < -0.3 is 10.2 Å². The first-order valence-electron chi connectivity index (χ1n) is 11.2. The van der Waals surface area contributed by atoms with Crippen LogP contribution in [0.25, 0.3) is 0 Å². The highest BCUT2D eigenvalue weighted by Crippen LogP contribution is 2.29. The van der Waals surface area contributed by atoms with Crippen molar-refractivity contribution in [1.29, 1.82) is 5.26 Å². The van der Waals surface area contributed by atoms with E-state index in [2.05, 4.69) is 11.4 Å². The van der Waals surface area contributed by atoms with Gasteiger partial charge in [0.15, 0.2) is 0 Å². The highest BCUT2D eigenvalue weighted by molar-refractivity contribution is 7.86. The number of carbonyl (C=O) groups is 2. The summed E-state index contributed by atoms with van der Waals surface area (Å²) in [6, 6.07) is 11.2. The van der Waals surface area contributed by atoms with Gasteiger partial charge >= 0.3 is 0 Å². The number of carbonyl (C=O) groups excluding carboxylic acids is 2. The van der Waals surface area contributed by atoms with Crippen LogP contribution in [-0.4, -0.2) is 72.5 Å². The summed E-state index contributed by atoms with van der Waals surface area (Å²) in [6.07, 6.45) is 2.59. The normalized spacial score (nSPS) is 25.2. The minimum Gasteiger partial charge on any atom is -0.350 e. The number of nitriles is 1. The molecule has 1 aromatic rings. The zero-order chi connectivity index (χ0) is 22.7. The number of benzene rings is 1. The number of nitrogens with one attached hydrogen (secondary N) is 1. The molecular weight excluding hydrogens is 430 g/mol. The maximum Gasteiger partial charge on any atom is 0.282 e. The molecule has 2 atom stereocenters. The van der Waals surface area contributed by atoms with E-state index in [1.54, 1.807) is 4.90 Å². The summed E-state index contributed by atoms with van der Waals surface area (Å²) >= 11 is 0. The molecular formula is C22H29N5O4S. The Morgan fingerprint density at radius 2 is 1.75 bits per heavy atom. The average molecular weight is 460 g/mol. The monoisotopic (exact) mass is 459 g/mol. The molecule has 0 bridgehead atoms. The van der Waals surface area contributed by atoms with Gasteiger partial charge in [-0.25, -0.2) is 0 Å². The molecule has 32 heavy (non-hydrogen) atoms. The molecule has 0 saturated carbocycles. The molecule has 0 spiro atoms. The van der Waals surface area contributed by atoms with Crippen molar-refractivity contribution in [3.8, 4) is 6.07 Å². The Morgan fingerprint density at radius 3 is 2.47 bits per heavy atom. The summed E-state index contributed by atoms with van der Waals surface area (Å²) in [4.78, 5) is 27.7. The standard InChI is InChI=1S/C22H29N5O4S/c23-12-18-14-26(15-18)32(30,31)25-10-4-8-19(16-25)22(29)27-11-5-9-20(27)21(28)24-13-17-6-2-1-3-7-17/h1-3,6-7,18-20H,4-5,8-11,13-16H2,(H,24,28)/t19-,20?/m0/s1. The minimum atomic E-state index is -3.66. The Bertz CT molecular complexity index is 987. The predicted octanol–water partition coefficient (Wildman–Crippen LogP) is 0.706. The van der Waals surface area contributed by atoms with Crippen molar-refractivity contribution in [3.05, 3.63) is 35.9 Å². The van der Waals surface area contributed by atoms with Gasteiger partial charge in [-0.3, -0.25) is 9.59 Å². The lowest BCUT2D eigenvalue weighted by Crippen LogP contribution is -2.57. The smallest absolute Gasteiger partial charge is 0.282 e. The summed E-state index contributed by atoms with van der Waals surface area (Å²) < 4.78 is 28.4. The molecule has 3 aliphatic rings. The molecule has 1 unspecified atom stereocenters. The van der Waals surface area contributed by atoms with Gasteiger partial charge in [0, 0.05) is 39.3 Å². The van der Waals surface area contributed by atoms with Crippen LogP contribution in [-0.2, 0) is 26.3 Å². The van der Waals surface area contributed by atoms with Crippen LogP contribution in [0.4, 0.5) is 0 Å². The lowest BCUT2D eigenvalue weighted by Gasteiger charge is -2.41. The van der Waals surface area contributed by atoms with E-state index in [4.69, 9.17) is 5.26 Å². The van der Waals surface area contributed by atoms with Crippen LogP contribution in [0.3, 0.4) is 0 Å². The van der Waals surface area contributed by atoms with E-state index in [0.29, 0.717) is 38.9 Å². The SMILES string of the molecule is N#CC1CN(S(=O)(=O)N2CCC[C@H](C(=O)N3CCCC3C(=O)NCc3ccccc3)C2)C1. The third-order valence-corrected chi connectivity index (χ3v) is 8.50. The molecule has 0 aliphatic carbocycles. The van der Waals surface area contributed by atoms with Crippen molar-refractivity contribution >= 4 is 22.0 Å². The van der Waals surface area contributed by atoms with E-state index in [1.165, 1.54) is 8.61 Å². The van der Waals surface area contributed by atoms with E-state index in [-0.39, 0.29) is 37.4 Å². The molecule has 3 fully saturated rings. The van der Waals surface area contributed by atoms with Crippen LogP contribution >= 0.6 is 0 Å². The lowest BCUT2D eigenvalue weighted by molar-refractivity contribution is -0.142. The molecule has 172 valence electrons. The number of hydrogen-bond donors (Lipinski definition) is 1. The van der Waals surface area contributed by atoms with Crippen molar-refractivity contribution in [2.24, 2.45) is 11.8 Å². The average Bonchev–Trinajstić information content (AvgIpc) is 3.27. The topological polar surface area (TPSA) is 114 Å².